The van der Waals surface area contributed by atoms with Gasteiger partial charge in [0.1, 0.15) is 47.8 Å². The summed E-state index contributed by atoms with van der Waals surface area (Å²) in [6.45, 7) is -0.623. The molecule has 174 valence electrons. The molecule has 0 spiro atoms. The molecule has 1 fully saturated rings. The summed E-state index contributed by atoms with van der Waals surface area (Å²) < 4.78 is 16.7. The van der Waals surface area contributed by atoms with Crippen molar-refractivity contribution in [2.75, 3.05) is 6.61 Å². The van der Waals surface area contributed by atoms with Crippen molar-refractivity contribution in [1.29, 1.82) is 0 Å². The van der Waals surface area contributed by atoms with Gasteiger partial charge in [0.2, 0.25) is 6.29 Å². The summed E-state index contributed by atoms with van der Waals surface area (Å²) in [5.41, 5.74) is 0.691. The zero-order valence-electron chi connectivity index (χ0n) is 16.6. The number of hydrogen-bond acceptors (Lipinski definition) is 11. The van der Waals surface area contributed by atoms with E-state index in [1.807, 2.05) is 0 Å². The normalized spacial score (nSPS) is 32.1. The van der Waals surface area contributed by atoms with Crippen molar-refractivity contribution in [2.45, 2.75) is 49.3 Å². The minimum absolute atomic E-state index is 0.00530. The zero-order valence-corrected chi connectivity index (χ0v) is 16.6. The number of benzene rings is 2. The van der Waals surface area contributed by atoms with E-state index in [0.29, 0.717) is 11.1 Å². The summed E-state index contributed by atoms with van der Waals surface area (Å²) in [5.74, 6) is -0.811. The molecule has 4 rings (SSSR count). The first kappa shape index (κ1) is 22.4. The molecule has 0 bridgehead atoms. The maximum Gasteiger partial charge on any atom is 0.229 e. The lowest BCUT2D eigenvalue weighted by Gasteiger charge is -2.39. The molecule has 8 N–H and O–H groups in total. The smallest absolute Gasteiger partial charge is 0.229 e. The highest BCUT2D eigenvalue weighted by Crippen LogP contribution is 2.43. The molecule has 0 aromatic heterocycles. The molecule has 2 aliphatic rings. The third-order valence-corrected chi connectivity index (χ3v) is 5.60. The SMILES string of the molecule is OCC1OC(Oc2cc(O)c3c(c2)OC(c2ccc(O)c(O)c2)C(O)C3)C(O)C(O)C1O. The van der Waals surface area contributed by atoms with Gasteiger partial charge in [0.05, 0.1) is 12.7 Å². The van der Waals surface area contributed by atoms with Crippen molar-refractivity contribution in [3.63, 3.8) is 0 Å². The van der Waals surface area contributed by atoms with Crippen molar-refractivity contribution in [3.05, 3.63) is 41.5 Å². The number of phenolic OH excluding ortho intramolecular Hbond substituents is 3. The van der Waals surface area contributed by atoms with Crippen LogP contribution in [0.2, 0.25) is 0 Å². The molecule has 2 aromatic rings. The second-order valence-corrected chi connectivity index (χ2v) is 7.79. The van der Waals surface area contributed by atoms with Crippen molar-refractivity contribution in [2.24, 2.45) is 0 Å². The summed E-state index contributed by atoms with van der Waals surface area (Å²) in [7, 11) is 0. The lowest BCUT2D eigenvalue weighted by molar-refractivity contribution is -0.277. The summed E-state index contributed by atoms with van der Waals surface area (Å²) in [5, 5.41) is 79.4. The van der Waals surface area contributed by atoms with Crippen LogP contribution in [0.15, 0.2) is 30.3 Å². The molecular weight excluding hydrogens is 428 g/mol. The number of ether oxygens (including phenoxy) is 3. The number of fused-ring (bicyclic) bond motifs is 1. The average molecular weight is 452 g/mol. The van der Waals surface area contributed by atoms with Gasteiger partial charge in [-0.3, -0.25) is 0 Å². The summed E-state index contributed by atoms with van der Waals surface area (Å²) in [4.78, 5) is 0. The quantitative estimate of drug-likeness (QED) is 0.266. The number of aliphatic hydroxyl groups is 5. The zero-order chi connectivity index (χ0) is 23.2. The molecule has 2 aromatic carbocycles. The van der Waals surface area contributed by atoms with Gasteiger partial charge >= 0.3 is 0 Å². The van der Waals surface area contributed by atoms with Gasteiger partial charge in [-0.2, -0.15) is 0 Å². The van der Waals surface area contributed by atoms with Crippen LogP contribution in [0, 0.1) is 0 Å². The largest absolute Gasteiger partial charge is 0.507 e. The predicted molar refractivity (Wildman–Crippen MR) is 105 cm³/mol. The van der Waals surface area contributed by atoms with Crippen LogP contribution in [0.25, 0.3) is 0 Å². The molecular formula is C21H24O11. The van der Waals surface area contributed by atoms with E-state index in [2.05, 4.69) is 0 Å². The summed E-state index contributed by atoms with van der Waals surface area (Å²) >= 11 is 0. The fourth-order valence-corrected chi connectivity index (χ4v) is 3.82. The van der Waals surface area contributed by atoms with Gasteiger partial charge in [-0.25, -0.2) is 0 Å². The molecule has 0 aliphatic carbocycles. The highest BCUT2D eigenvalue weighted by atomic mass is 16.7. The van der Waals surface area contributed by atoms with Gasteiger partial charge in [0, 0.05) is 24.1 Å². The fourth-order valence-electron chi connectivity index (χ4n) is 3.82. The molecule has 11 heteroatoms. The van der Waals surface area contributed by atoms with Gasteiger partial charge in [-0.15, -0.1) is 0 Å². The third-order valence-electron chi connectivity index (χ3n) is 5.60. The van der Waals surface area contributed by atoms with Crippen LogP contribution in [0.4, 0.5) is 0 Å². The first-order valence-electron chi connectivity index (χ1n) is 9.89. The monoisotopic (exact) mass is 452 g/mol. The number of rotatable bonds is 4. The molecule has 7 atom stereocenters. The van der Waals surface area contributed by atoms with Crippen molar-refractivity contribution in [3.8, 4) is 28.7 Å². The molecule has 32 heavy (non-hydrogen) atoms. The van der Waals surface area contributed by atoms with Crippen LogP contribution < -0.4 is 9.47 Å². The minimum atomic E-state index is -1.64. The molecule has 2 aliphatic heterocycles. The van der Waals surface area contributed by atoms with Crippen LogP contribution in [0.3, 0.4) is 0 Å². The first-order chi connectivity index (χ1) is 15.2. The van der Waals surface area contributed by atoms with Gasteiger partial charge in [0.25, 0.3) is 0 Å². The maximum atomic E-state index is 10.5. The van der Waals surface area contributed by atoms with Crippen LogP contribution in [0.5, 0.6) is 28.7 Å². The summed E-state index contributed by atoms with van der Waals surface area (Å²) in [6, 6.07) is 6.58. The second kappa shape index (κ2) is 8.62. The van der Waals surface area contributed by atoms with Crippen LogP contribution in [0.1, 0.15) is 17.2 Å². The number of aromatic hydroxyl groups is 3. The van der Waals surface area contributed by atoms with Gasteiger partial charge in [0.15, 0.2) is 11.5 Å². The van der Waals surface area contributed by atoms with Crippen LogP contribution in [-0.4, -0.2) is 84.3 Å². The lowest BCUT2D eigenvalue weighted by Crippen LogP contribution is -2.60. The van der Waals surface area contributed by atoms with E-state index < -0.39 is 49.5 Å². The van der Waals surface area contributed by atoms with E-state index in [1.54, 1.807) is 0 Å². The molecule has 1 saturated heterocycles. The van der Waals surface area contributed by atoms with Crippen molar-refractivity contribution >= 4 is 0 Å². The Balaban J connectivity index is 1.59. The van der Waals surface area contributed by atoms with Gasteiger partial charge in [-0.05, 0) is 17.7 Å². The Hall–Kier alpha value is -2.80. The Kier molecular flexibility index (Phi) is 6.03. The van der Waals surface area contributed by atoms with Crippen LogP contribution >= 0.6 is 0 Å². The molecule has 7 unspecified atom stereocenters. The van der Waals surface area contributed by atoms with Gasteiger partial charge in [-0.1, -0.05) is 6.07 Å². The maximum absolute atomic E-state index is 10.5. The molecule has 0 saturated carbocycles. The Morgan fingerprint density at radius 1 is 0.875 bits per heavy atom. The minimum Gasteiger partial charge on any atom is -0.507 e. The van der Waals surface area contributed by atoms with Crippen molar-refractivity contribution < 1.29 is 55.1 Å². The molecule has 0 radical (unpaired) electrons. The highest BCUT2D eigenvalue weighted by molar-refractivity contribution is 5.52. The first-order valence-corrected chi connectivity index (χ1v) is 9.89. The number of hydrogen-bond donors (Lipinski definition) is 8. The molecule has 0 amide bonds. The highest BCUT2D eigenvalue weighted by Gasteiger charge is 2.45. The number of phenols is 3. The fraction of sp³-hybridized carbons (Fsp3) is 0.429. The van der Waals surface area contributed by atoms with Crippen molar-refractivity contribution in [1.82, 2.24) is 0 Å². The molecule has 2 heterocycles. The van der Waals surface area contributed by atoms with E-state index in [4.69, 9.17) is 14.2 Å². The Morgan fingerprint density at radius 3 is 2.31 bits per heavy atom. The Morgan fingerprint density at radius 2 is 1.62 bits per heavy atom. The van der Waals surface area contributed by atoms with E-state index in [1.165, 1.54) is 30.3 Å². The van der Waals surface area contributed by atoms with E-state index in [0.717, 1.165) is 0 Å². The average Bonchev–Trinajstić information content (AvgIpc) is 2.76. The van der Waals surface area contributed by atoms with Crippen LogP contribution in [-0.2, 0) is 11.2 Å². The predicted octanol–water partition coefficient (Wildman–Crippen LogP) is -0.981. The summed E-state index contributed by atoms with van der Waals surface area (Å²) in [6.07, 6.45) is -9.39. The third kappa shape index (κ3) is 4.01. The Labute approximate surface area is 181 Å². The van der Waals surface area contributed by atoms with Gasteiger partial charge < -0.3 is 55.1 Å². The molecule has 11 nitrogen and oxygen atoms in total. The standard InChI is InChI=1S/C21H24O11/c22-7-16-17(27)18(28)19(29)21(32-16)30-9-4-12(24)10-6-14(26)20(31-15(10)5-9)8-1-2-11(23)13(25)3-8/h1-5,14,16-29H,6-7H2. The lowest BCUT2D eigenvalue weighted by atomic mass is 9.94. The van der Waals surface area contributed by atoms with E-state index in [9.17, 15) is 40.9 Å². The van der Waals surface area contributed by atoms with E-state index >= 15 is 0 Å². The topological polar surface area (TPSA) is 190 Å². The Bertz CT molecular complexity index is 978. The van der Waals surface area contributed by atoms with E-state index in [-0.39, 0.29) is 35.2 Å². The number of aliphatic hydroxyl groups excluding tert-OH is 5. The second-order valence-electron chi connectivity index (χ2n) is 7.79.